The summed E-state index contributed by atoms with van der Waals surface area (Å²) < 4.78 is 0. The van der Waals surface area contributed by atoms with Gasteiger partial charge in [0.2, 0.25) is 0 Å². The predicted molar refractivity (Wildman–Crippen MR) is 84.6 cm³/mol. The molecule has 4 nitrogen and oxygen atoms in total. The number of aliphatic hydroxyl groups is 1. The van der Waals surface area contributed by atoms with Gasteiger partial charge in [0.1, 0.15) is 0 Å². The first-order valence-corrected chi connectivity index (χ1v) is 7.34. The van der Waals surface area contributed by atoms with Crippen molar-refractivity contribution >= 4 is 5.78 Å². The summed E-state index contributed by atoms with van der Waals surface area (Å²) in [6, 6.07) is -0.601. The zero-order chi connectivity index (χ0) is 16.1. The molecule has 0 saturated heterocycles. The van der Waals surface area contributed by atoms with E-state index in [0.717, 1.165) is 0 Å². The molecule has 0 aliphatic carbocycles. The van der Waals surface area contributed by atoms with Crippen molar-refractivity contribution in [2.75, 3.05) is 0 Å². The minimum atomic E-state index is -0.615. The molecule has 0 aromatic heterocycles. The maximum Gasteiger partial charge on any atom is 0.156 e. The van der Waals surface area contributed by atoms with Gasteiger partial charge in [-0.25, -0.2) is 0 Å². The van der Waals surface area contributed by atoms with E-state index in [9.17, 15) is 9.90 Å². The molecule has 20 heavy (non-hydrogen) atoms. The van der Waals surface area contributed by atoms with Crippen LogP contribution in [0.25, 0.3) is 0 Å². The topological polar surface area (TPSA) is 75.3 Å². The van der Waals surface area contributed by atoms with Gasteiger partial charge in [0.25, 0.3) is 0 Å². The van der Waals surface area contributed by atoms with Crippen LogP contribution in [0.5, 0.6) is 0 Å². The van der Waals surface area contributed by atoms with Gasteiger partial charge >= 0.3 is 0 Å². The number of aliphatic hydroxyl groups excluding tert-OH is 1. The van der Waals surface area contributed by atoms with Crippen LogP contribution in [-0.2, 0) is 4.79 Å². The Kier molecular flexibility index (Phi) is 7.08. The quantitative estimate of drug-likeness (QED) is 0.596. The first kappa shape index (κ1) is 19.3. The van der Waals surface area contributed by atoms with E-state index in [-0.39, 0.29) is 11.8 Å². The second kappa shape index (κ2) is 7.34. The first-order chi connectivity index (χ1) is 8.97. The summed E-state index contributed by atoms with van der Waals surface area (Å²) in [4.78, 5) is 12.3. The van der Waals surface area contributed by atoms with Gasteiger partial charge in [0.05, 0.1) is 12.1 Å². The number of hydrogen-bond donors (Lipinski definition) is 3. The van der Waals surface area contributed by atoms with Crippen molar-refractivity contribution in [3.63, 3.8) is 0 Å². The number of Topliss-reactive ketones (excluding diaryl/α,β-unsaturated/α-hetero) is 1. The third-order valence-electron chi connectivity index (χ3n) is 4.37. The second-order valence-corrected chi connectivity index (χ2v) is 6.71. The molecule has 0 rings (SSSR count). The molecule has 0 aliphatic heterocycles. The Balaban J connectivity index is 4.92. The molecule has 4 heteroatoms. The van der Waals surface area contributed by atoms with Gasteiger partial charge < -0.3 is 16.2 Å². The summed E-state index contributed by atoms with van der Waals surface area (Å²) in [5, 5.41) is 13.5. The monoisotopic (exact) mass is 284 g/mol. The van der Waals surface area contributed by atoms with Crippen molar-refractivity contribution in [1.29, 1.82) is 0 Å². The first-order valence-electron chi connectivity index (χ1n) is 7.34. The van der Waals surface area contributed by atoms with Gasteiger partial charge in [-0.2, -0.15) is 0 Å². The Labute approximate surface area is 123 Å². The van der Waals surface area contributed by atoms with Crippen LogP contribution in [0.4, 0.5) is 0 Å². The minimum Gasteiger partial charge on any atom is -0.391 e. The largest absolute Gasteiger partial charge is 0.391 e. The van der Waals surface area contributed by atoms with Gasteiger partial charge in [-0.05, 0) is 41.0 Å². The lowest BCUT2D eigenvalue weighted by atomic mass is 9.69. The number of allylic oxidation sites excluding steroid dienone is 1. The van der Waals surface area contributed by atoms with E-state index in [2.05, 4.69) is 5.32 Å². The molecule has 0 aromatic rings. The average Bonchev–Trinajstić information content (AvgIpc) is 2.33. The molecule has 0 spiro atoms. The number of carbonyl (C=O) groups excluding carboxylic acids is 1. The molecule has 0 aliphatic rings. The third kappa shape index (κ3) is 4.69. The number of hydrogen-bond acceptors (Lipinski definition) is 4. The molecule has 0 amide bonds. The third-order valence-corrected chi connectivity index (χ3v) is 4.37. The van der Waals surface area contributed by atoms with Crippen LogP contribution in [0.3, 0.4) is 0 Å². The molecular weight excluding hydrogens is 252 g/mol. The molecule has 4 N–H and O–H groups in total. The van der Waals surface area contributed by atoms with Crippen molar-refractivity contribution in [1.82, 2.24) is 5.32 Å². The van der Waals surface area contributed by atoms with E-state index >= 15 is 0 Å². The van der Waals surface area contributed by atoms with E-state index in [1.165, 1.54) is 0 Å². The van der Waals surface area contributed by atoms with Crippen molar-refractivity contribution in [2.24, 2.45) is 11.1 Å². The van der Waals surface area contributed by atoms with Crippen LogP contribution in [0.2, 0.25) is 0 Å². The van der Waals surface area contributed by atoms with Crippen molar-refractivity contribution in [3.05, 3.63) is 12.2 Å². The normalized spacial score (nSPS) is 18.1. The molecule has 118 valence electrons. The van der Waals surface area contributed by atoms with Crippen molar-refractivity contribution in [2.45, 2.75) is 78.6 Å². The molecule has 0 radical (unpaired) electrons. The zero-order valence-corrected chi connectivity index (χ0v) is 14.0. The van der Waals surface area contributed by atoms with E-state index in [1.54, 1.807) is 6.92 Å². The standard InChI is InChI=1S/C16H32N2O2/c1-8-9-10-13(19)12(3)18-16(6,7)15(4,5)14(20)11(2)17/h8-9,11-13,18-19H,10,17H2,1-7H3. The molecule has 0 aromatic carbocycles. The number of rotatable bonds is 8. The van der Waals surface area contributed by atoms with E-state index < -0.39 is 23.1 Å². The highest BCUT2D eigenvalue weighted by Gasteiger charge is 2.44. The summed E-state index contributed by atoms with van der Waals surface area (Å²) in [6.07, 6.45) is 3.98. The molecule has 0 heterocycles. The average molecular weight is 284 g/mol. The Morgan fingerprint density at radius 1 is 1.30 bits per heavy atom. The SMILES string of the molecule is CC=CCC(O)C(C)NC(C)(C)C(C)(C)C(=O)C(C)N. The van der Waals surface area contributed by atoms with E-state index in [0.29, 0.717) is 6.42 Å². The van der Waals surface area contributed by atoms with Gasteiger partial charge in [0.15, 0.2) is 5.78 Å². The Hall–Kier alpha value is -0.710. The maximum atomic E-state index is 12.3. The summed E-state index contributed by atoms with van der Waals surface area (Å²) in [5.74, 6) is 0.0187. The van der Waals surface area contributed by atoms with E-state index in [1.807, 2.05) is 53.7 Å². The molecule has 3 atom stereocenters. The van der Waals surface area contributed by atoms with Crippen LogP contribution in [-0.4, -0.2) is 34.6 Å². The van der Waals surface area contributed by atoms with Crippen LogP contribution >= 0.6 is 0 Å². The summed E-state index contributed by atoms with van der Waals surface area (Å²) in [7, 11) is 0. The molecular formula is C16H32N2O2. The number of nitrogens with two attached hydrogens (primary N) is 1. The fourth-order valence-electron chi connectivity index (χ4n) is 2.20. The zero-order valence-electron chi connectivity index (χ0n) is 14.0. The lowest BCUT2D eigenvalue weighted by Gasteiger charge is -2.44. The molecule has 3 unspecified atom stereocenters. The maximum absolute atomic E-state index is 12.3. The second-order valence-electron chi connectivity index (χ2n) is 6.71. The Morgan fingerprint density at radius 3 is 2.20 bits per heavy atom. The van der Waals surface area contributed by atoms with Gasteiger partial charge in [-0.3, -0.25) is 4.79 Å². The fraction of sp³-hybridized carbons (Fsp3) is 0.812. The smallest absolute Gasteiger partial charge is 0.156 e. The van der Waals surface area contributed by atoms with Crippen LogP contribution in [0, 0.1) is 5.41 Å². The highest BCUT2D eigenvalue weighted by Crippen LogP contribution is 2.33. The Morgan fingerprint density at radius 2 is 1.80 bits per heavy atom. The summed E-state index contributed by atoms with van der Waals surface area (Å²) in [6.45, 7) is 13.3. The molecule has 0 bridgehead atoms. The summed E-state index contributed by atoms with van der Waals surface area (Å²) >= 11 is 0. The van der Waals surface area contributed by atoms with Crippen molar-refractivity contribution in [3.8, 4) is 0 Å². The van der Waals surface area contributed by atoms with Crippen molar-refractivity contribution < 1.29 is 9.90 Å². The highest BCUT2D eigenvalue weighted by molar-refractivity contribution is 5.89. The summed E-state index contributed by atoms with van der Waals surface area (Å²) in [5.41, 5.74) is 4.66. The number of ketones is 1. The number of nitrogens with one attached hydrogen (secondary N) is 1. The predicted octanol–water partition coefficient (Wildman–Crippen LogP) is 2.01. The van der Waals surface area contributed by atoms with Crippen LogP contribution < -0.4 is 11.1 Å². The molecule has 0 saturated carbocycles. The fourth-order valence-corrected chi connectivity index (χ4v) is 2.20. The van der Waals surface area contributed by atoms with Gasteiger partial charge in [0, 0.05) is 17.0 Å². The molecule has 0 fully saturated rings. The lowest BCUT2D eigenvalue weighted by molar-refractivity contribution is -0.132. The van der Waals surface area contributed by atoms with E-state index in [4.69, 9.17) is 5.73 Å². The van der Waals surface area contributed by atoms with Gasteiger partial charge in [-0.15, -0.1) is 0 Å². The van der Waals surface area contributed by atoms with Gasteiger partial charge in [-0.1, -0.05) is 26.0 Å². The van der Waals surface area contributed by atoms with Crippen LogP contribution in [0.15, 0.2) is 12.2 Å². The lowest BCUT2D eigenvalue weighted by Crippen LogP contribution is -2.61. The number of carbonyl (C=O) groups is 1. The van der Waals surface area contributed by atoms with Crippen LogP contribution in [0.1, 0.15) is 54.9 Å². The highest BCUT2D eigenvalue weighted by atomic mass is 16.3. The minimum absolute atomic E-state index is 0.0187. The Bertz CT molecular complexity index is 346.